The minimum Gasteiger partial charge on any atom is -0.493 e. The molecule has 1 saturated heterocycles. The van der Waals surface area contributed by atoms with Gasteiger partial charge in [0.2, 0.25) is 0 Å². The molecule has 0 spiro atoms. The number of aromatic nitrogens is 1. The summed E-state index contributed by atoms with van der Waals surface area (Å²) in [5, 5.41) is 16.0. The molecule has 3 fully saturated rings. The lowest BCUT2D eigenvalue weighted by Gasteiger charge is -2.37. The van der Waals surface area contributed by atoms with Gasteiger partial charge in [0.05, 0.1) is 24.0 Å². The Morgan fingerprint density at radius 2 is 1.78 bits per heavy atom. The molecule has 1 aromatic heterocycles. The molecule has 2 saturated carbocycles. The number of aryl methyl sites for hydroxylation is 1. The molecule has 2 atom stereocenters. The normalized spacial score (nSPS) is 23.4. The van der Waals surface area contributed by atoms with Crippen molar-refractivity contribution in [2.75, 3.05) is 40.3 Å². The second kappa shape index (κ2) is 13.7. The predicted octanol–water partition coefficient (Wildman–Crippen LogP) is 5.72. The first-order valence-corrected chi connectivity index (χ1v) is 13.6. The third-order valence-corrected chi connectivity index (χ3v) is 8.28. The van der Waals surface area contributed by atoms with Gasteiger partial charge in [-0.25, -0.2) is 0 Å². The van der Waals surface area contributed by atoms with Gasteiger partial charge in [-0.05, 0) is 108 Å². The molecule has 2 heterocycles. The molecule has 1 aliphatic heterocycles. The number of likely N-dealkylation sites (tertiary alicyclic amines) is 1. The number of benzene rings is 1. The summed E-state index contributed by atoms with van der Waals surface area (Å²) < 4.78 is 12.1. The second-order valence-electron chi connectivity index (χ2n) is 11.4. The number of piperidine rings is 1. The first-order chi connectivity index (χ1) is 16.6. The Morgan fingerprint density at radius 1 is 1.03 bits per heavy atom. The van der Waals surface area contributed by atoms with E-state index in [0.29, 0.717) is 5.92 Å². The Balaban J connectivity index is 0.00000180. The van der Waals surface area contributed by atoms with Crippen molar-refractivity contribution in [1.82, 2.24) is 15.0 Å². The van der Waals surface area contributed by atoms with Gasteiger partial charge >= 0.3 is 0 Å². The fraction of sp³-hybridized carbons (Fsp3) is 0.750. The topological polar surface area (TPSA) is 62.0 Å². The predicted molar refractivity (Wildman–Crippen MR) is 150 cm³/mol. The minimum absolute atomic E-state index is 0. The van der Waals surface area contributed by atoms with Crippen molar-refractivity contribution < 1.29 is 14.4 Å². The van der Waals surface area contributed by atoms with Gasteiger partial charge in [-0.2, -0.15) is 0 Å². The number of halogens is 2. The maximum atomic E-state index is 10.3. The second-order valence-corrected chi connectivity index (χ2v) is 11.4. The van der Waals surface area contributed by atoms with Crippen molar-refractivity contribution in [2.24, 2.45) is 17.8 Å². The third kappa shape index (κ3) is 7.50. The van der Waals surface area contributed by atoms with E-state index in [1.807, 2.05) is 0 Å². The van der Waals surface area contributed by atoms with Crippen LogP contribution in [0.4, 0.5) is 0 Å². The van der Waals surface area contributed by atoms with Crippen LogP contribution in [0.15, 0.2) is 16.7 Å². The maximum Gasteiger partial charge on any atom is 0.175 e. The van der Waals surface area contributed by atoms with Gasteiger partial charge in [-0.3, -0.25) is 0 Å². The van der Waals surface area contributed by atoms with E-state index in [2.05, 4.69) is 41.2 Å². The molecule has 0 bridgehead atoms. The summed E-state index contributed by atoms with van der Waals surface area (Å²) in [4.78, 5) is 4.76. The Hall–Kier alpha value is -1.05. The largest absolute Gasteiger partial charge is 0.493 e. The third-order valence-electron chi connectivity index (χ3n) is 8.28. The standard InChI is InChI=1S/C28H43N3O3.2ClH/c1-30(2)18-24-27(33-19-21-7-8-21)12-10-23-25(29-34-28(23)24)11-9-20-13-15-31(16-14-20)17-22-5-3-4-6-26(22)32;;/h10,12,20-22,26,32H,3-9,11,13-19H2,1-2H3;2*1H. The molecule has 1 N–H and O–H groups in total. The lowest BCUT2D eigenvalue weighted by molar-refractivity contribution is 0.0380. The smallest absolute Gasteiger partial charge is 0.175 e. The van der Waals surface area contributed by atoms with Gasteiger partial charge in [0.15, 0.2) is 5.58 Å². The van der Waals surface area contributed by atoms with Gasteiger partial charge in [-0.1, -0.05) is 18.0 Å². The number of rotatable bonds is 10. The first-order valence-electron chi connectivity index (χ1n) is 13.6. The number of fused-ring (bicyclic) bond motifs is 1. The highest BCUT2D eigenvalue weighted by atomic mass is 35.5. The Bertz CT molecular complexity index is 942. The number of aliphatic hydroxyl groups excluding tert-OH is 1. The van der Waals surface area contributed by atoms with Gasteiger partial charge in [0.25, 0.3) is 0 Å². The van der Waals surface area contributed by atoms with E-state index in [1.165, 1.54) is 64.5 Å². The fourth-order valence-corrected chi connectivity index (χ4v) is 5.90. The number of hydrogen-bond acceptors (Lipinski definition) is 6. The van der Waals surface area contributed by atoms with E-state index in [1.54, 1.807) is 0 Å². The van der Waals surface area contributed by atoms with E-state index < -0.39 is 0 Å². The molecule has 0 amide bonds. The summed E-state index contributed by atoms with van der Waals surface area (Å²) in [7, 11) is 4.17. The molecule has 1 aromatic carbocycles. The average molecular weight is 543 g/mol. The minimum atomic E-state index is -0.0797. The zero-order chi connectivity index (χ0) is 23.5. The van der Waals surface area contributed by atoms with E-state index in [9.17, 15) is 5.11 Å². The molecule has 204 valence electrons. The highest BCUT2D eigenvalue weighted by Gasteiger charge is 2.28. The molecule has 2 aliphatic carbocycles. The van der Waals surface area contributed by atoms with Crippen LogP contribution in [-0.4, -0.2) is 66.5 Å². The van der Waals surface area contributed by atoms with E-state index in [4.69, 9.17) is 9.26 Å². The highest BCUT2D eigenvalue weighted by molar-refractivity contribution is 5.86. The molecule has 6 nitrogen and oxygen atoms in total. The average Bonchev–Trinajstić information content (AvgIpc) is 3.57. The Labute approximate surface area is 228 Å². The number of hydrogen-bond donors (Lipinski definition) is 1. The molecule has 2 aromatic rings. The monoisotopic (exact) mass is 541 g/mol. The molecular weight excluding hydrogens is 497 g/mol. The van der Waals surface area contributed by atoms with Crippen LogP contribution in [0.3, 0.4) is 0 Å². The summed E-state index contributed by atoms with van der Waals surface area (Å²) in [6, 6.07) is 4.28. The Morgan fingerprint density at radius 3 is 2.47 bits per heavy atom. The lowest BCUT2D eigenvalue weighted by atomic mass is 9.85. The maximum absolute atomic E-state index is 10.3. The summed E-state index contributed by atoms with van der Waals surface area (Å²) in [6.45, 7) is 5.03. The summed E-state index contributed by atoms with van der Waals surface area (Å²) in [5.41, 5.74) is 3.12. The number of aliphatic hydroxyl groups is 1. The molecular formula is C28H45Cl2N3O3. The van der Waals surface area contributed by atoms with Crippen LogP contribution in [-0.2, 0) is 13.0 Å². The van der Waals surface area contributed by atoms with Crippen LogP contribution in [0.5, 0.6) is 5.75 Å². The Kier molecular flexibility index (Phi) is 11.2. The van der Waals surface area contributed by atoms with Crippen LogP contribution in [0.2, 0.25) is 0 Å². The fourth-order valence-electron chi connectivity index (χ4n) is 5.90. The van der Waals surface area contributed by atoms with Crippen LogP contribution < -0.4 is 4.74 Å². The van der Waals surface area contributed by atoms with Crippen LogP contribution >= 0.6 is 24.8 Å². The van der Waals surface area contributed by atoms with Crippen LogP contribution in [0.25, 0.3) is 11.0 Å². The summed E-state index contributed by atoms with van der Waals surface area (Å²) in [5.74, 6) is 2.92. The molecule has 2 unspecified atom stereocenters. The van der Waals surface area contributed by atoms with Crippen molar-refractivity contribution in [3.05, 3.63) is 23.4 Å². The zero-order valence-electron chi connectivity index (χ0n) is 22.0. The first kappa shape index (κ1) is 29.5. The van der Waals surface area contributed by atoms with Crippen molar-refractivity contribution in [3.63, 3.8) is 0 Å². The van der Waals surface area contributed by atoms with Crippen LogP contribution in [0, 0.1) is 17.8 Å². The SMILES string of the molecule is CN(C)Cc1c(OCC2CC2)ccc2c(CCC3CCN(CC4CCCCC4O)CC3)noc12.Cl.Cl. The van der Waals surface area contributed by atoms with Gasteiger partial charge in [0.1, 0.15) is 5.75 Å². The van der Waals surface area contributed by atoms with Gasteiger partial charge in [-0.15, -0.1) is 24.8 Å². The lowest BCUT2D eigenvalue weighted by Crippen LogP contribution is -2.41. The van der Waals surface area contributed by atoms with Crippen molar-refractivity contribution in [2.45, 2.75) is 76.9 Å². The van der Waals surface area contributed by atoms with Gasteiger partial charge in [0, 0.05) is 18.5 Å². The molecule has 3 aliphatic rings. The van der Waals surface area contributed by atoms with E-state index in [0.717, 1.165) is 72.3 Å². The van der Waals surface area contributed by atoms with Gasteiger partial charge < -0.3 is 24.2 Å². The zero-order valence-corrected chi connectivity index (χ0v) is 23.6. The van der Waals surface area contributed by atoms with Crippen LogP contribution in [0.1, 0.15) is 69.0 Å². The summed E-state index contributed by atoms with van der Waals surface area (Å²) in [6.07, 6.45) is 11.8. The summed E-state index contributed by atoms with van der Waals surface area (Å²) >= 11 is 0. The quantitative estimate of drug-likeness (QED) is 0.415. The number of ether oxygens (including phenoxy) is 1. The van der Waals surface area contributed by atoms with E-state index >= 15 is 0 Å². The molecule has 5 rings (SSSR count). The van der Waals surface area contributed by atoms with Crippen molar-refractivity contribution in [3.8, 4) is 5.75 Å². The molecule has 8 heteroatoms. The van der Waals surface area contributed by atoms with Crippen molar-refractivity contribution in [1.29, 1.82) is 0 Å². The van der Waals surface area contributed by atoms with Crippen molar-refractivity contribution >= 4 is 35.8 Å². The number of nitrogens with zero attached hydrogens (tertiary/aromatic N) is 3. The molecule has 36 heavy (non-hydrogen) atoms. The molecule has 0 radical (unpaired) electrons. The highest BCUT2D eigenvalue weighted by Crippen LogP contribution is 2.35. The van der Waals surface area contributed by atoms with E-state index in [-0.39, 0.29) is 30.9 Å².